The van der Waals surface area contributed by atoms with Crippen molar-refractivity contribution < 1.29 is 14.3 Å². The molecule has 0 fully saturated rings. The lowest BCUT2D eigenvalue weighted by Gasteiger charge is -2.14. The number of hydrogen-bond acceptors (Lipinski definition) is 4. The minimum atomic E-state index is -0.380. The minimum absolute atomic E-state index is 0.161. The highest BCUT2D eigenvalue weighted by Crippen LogP contribution is 2.33. The number of halogens is 1. The molecule has 7 heteroatoms. The van der Waals surface area contributed by atoms with E-state index < -0.39 is 0 Å². The minimum Gasteiger partial charge on any atom is -0.497 e. The molecule has 0 aromatic heterocycles. The van der Waals surface area contributed by atoms with E-state index in [1.54, 1.807) is 38.5 Å². The largest absolute Gasteiger partial charge is 0.497 e. The quantitative estimate of drug-likeness (QED) is 0.552. The smallest absolute Gasteiger partial charge is 0.258 e. The molecule has 0 aliphatic rings. The molecule has 0 spiro atoms. The third-order valence-electron chi connectivity index (χ3n) is 4.21. The van der Waals surface area contributed by atoms with Gasteiger partial charge in [-0.2, -0.15) is 0 Å². The standard InChI is InChI=1S/C22H19ClN2O3S/c1-27-16-10-7-14(8-11-16)17-12-9-15(13-20(17)28-2)24-22(29)25-21(26)18-5-3-4-6-19(18)23/h3-13H,1-2H3,(H2,24,25,26,29). The first-order chi connectivity index (χ1) is 14.0. The first-order valence-electron chi connectivity index (χ1n) is 8.71. The van der Waals surface area contributed by atoms with Gasteiger partial charge in [-0.15, -0.1) is 0 Å². The van der Waals surface area contributed by atoms with Crippen LogP contribution in [0.2, 0.25) is 5.02 Å². The van der Waals surface area contributed by atoms with E-state index in [0.29, 0.717) is 22.0 Å². The van der Waals surface area contributed by atoms with Crippen LogP contribution in [-0.4, -0.2) is 25.2 Å². The molecule has 1 amide bonds. The van der Waals surface area contributed by atoms with Crippen LogP contribution in [0.3, 0.4) is 0 Å². The molecule has 0 aliphatic heterocycles. The van der Waals surface area contributed by atoms with Crippen molar-refractivity contribution in [2.75, 3.05) is 19.5 Å². The summed E-state index contributed by atoms with van der Waals surface area (Å²) < 4.78 is 10.7. The fourth-order valence-corrected chi connectivity index (χ4v) is 3.19. The third kappa shape index (κ3) is 5.04. The highest BCUT2D eigenvalue weighted by molar-refractivity contribution is 7.80. The lowest BCUT2D eigenvalue weighted by atomic mass is 10.0. The van der Waals surface area contributed by atoms with Crippen molar-refractivity contribution in [3.05, 3.63) is 77.3 Å². The van der Waals surface area contributed by atoms with Crippen LogP contribution in [0.25, 0.3) is 11.1 Å². The number of amides is 1. The van der Waals surface area contributed by atoms with Gasteiger partial charge in [0.05, 0.1) is 24.8 Å². The zero-order valence-corrected chi connectivity index (χ0v) is 17.4. The van der Waals surface area contributed by atoms with Gasteiger partial charge in [-0.1, -0.05) is 35.9 Å². The molecule has 0 atom stereocenters. The second-order valence-corrected chi connectivity index (χ2v) is 6.85. The number of thiocarbonyl (C=S) groups is 1. The molecule has 29 heavy (non-hydrogen) atoms. The first kappa shape index (κ1) is 20.6. The maximum absolute atomic E-state index is 12.3. The lowest BCUT2D eigenvalue weighted by Crippen LogP contribution is -2.34. The van der Waals surface area contributed by atoms with Gasteiger partial charge in [0.1, 0.15) is 11.5 Å². The Labute approximate surface area is 179 Å². The highest BCUT2D eigenvalue weighted by Gasteiger charge is 2.12. The molecular weight excluding hydrogens is 408 g/mol. The molecule has 0 aliphatic carbocycles. The average molecular weight is 427 g/mol. The molecule has 0 bridgehead atoms. The molecule has 3 aromatic rings. The fourth-order valence-electron chi connectivity index (χ4n) is 2.76. The molecule has 0 radical (unpaired) electrons. The zero-order valence-electron chi connectivity index (χ0n) is 15.9. The number of nitrogens with one attached hydrogen (secondary N) is 2. The van der Waals surface area contributed by atoms with E-state index in [0.717, 1.165) is 16.9 Å². The summed E-state index contributed by atoms with van der Waals surface area (Å²) in [5.41, 5.74) is 2.95. The van der Waals surface area contributed by atoms with Crippen LogP contribution in [0.5, 0.6) is 11.5 Å². The number of ether oxygens (including phenoxy) is 2. The predicted octanol–water partition coefficient (Wildman–Crippen LogP) is 5.15. The molecule has 3 rings (SSSR count). The summed E-state index contributed by atoms with van der Waals surface area (Å²) in [7, 11) is 3.23. The van der Waals surface area contributed by atoms with E-state index in [4.69, 9.17) is 33.3 Å². The summed E-state index contributed by atoms with van der Waals surface area (Å²) >= 11 is 11.3. The molecule has 2 N–H and O–H groups in total. The Kier molecular flexibility index (Phi) is 6.69. The van der Waals surface area contributed by atoms with E-state index in [2.05, 4.69) is 10.6 Å². The Morgan fingerprint density at radius 2 is 1.69 bits per heavy atom. The fraction of sp³-hybridized carbons (Fsp3) is 0.0909. The van der Waals surface area contributed by atoms with Gasteiger partial charge in [-0.05, 0) is 54.2 Å². The van der Waals surface area contributed by atoms with Crippen LogP contribution in [0.4, 0.5) is 5.69 Å². The maximum Gasteiger partial charge on any atom is 0.258 e. The van der Waals surface area contributed by atoms with Crippen molar-refractivity contribution in [2.24, 2.45) is 0 Å². The molecule has 3 aromatic carbocycles. The van der Waals surface area contributed by atoms with E-state index in [1.807, 2.05) is 42.5 Å². The van der Waals surface area contributed by atoms with Gasteiger partial charge < -0.3 is 14.8 Å². The average Bonchev–Trinajstić information content (AvgIpc) is 2.74. The van der Waals surface area contributed by atoms with Crippen LogP contribution in [0.15, 0.2) is 66.7 Å². The van der Waals surface area contributed by atoms with Crippen molar-refractivity contribution in [3.63, 3.8) is 0 Å². The molecule has 5 nitrogen and oxygen atoms in total. The Bertz CT molecular complexity index is 1040. The molecule has 0 saturated carbocycles. The summed E-state index contributed by atoms with van der Waals surface area (Å²) in [4.78, 5) is 12.3. The molecule has 148 valence electrons. The monoisotopic (exact) mass is 426 g/mol. The van der Waals surface area contributed by atoms with Crippen molar-refractivity contribution in [1.29, 1.82) is 0 Å². The summed E-state index contributed by atoms with van der Waals surface area (Å²) in [6.07, 6.45) is 0. The Morgan fingerprint density at radius 3 is 2.34 bits per heavy atom. The second kappa shape index (κ2) is 9.41. The number of carbonyl (C=O) groups is 1. The van der Waals surface area contributed by atoms with Gasteiger partial charge in [0.15, 0.2) is 5.11 Å². The number of anilines is 1. The summed E-state index contributed by atoms with van der Waals surface area (Å²) in [5.74, 6) is 1.07. The van der Waals surface area contributed by atoms with Gasteiger partial charge in [0, 0.05) is 17.3 Å². The number of hydrogen-bond donors (Lipinski definition) is 2. The highest BCUT2D eigenvalue weighted by atomic mass is 35.5. The van der Waals surface area contributed by atoms with E-state index >= 15 is 0 Å². The van der Waals surface area contributed by atoms with Crippen molar-refractivity contribution in [3.8, 4) is 22.6 Å². The van der Waals surface area contributed by atoms with Gasteiger partial charge in [0.2, 0.25) is 0 Å². The van der Waals surface area contributed by atoms with Crippen LogP contribution < -0.4 is 20.1 Å². The van der Waals surface area contributed by atoms with Crippen molar-refractivity contribution in [2.45, 2.75) is 0 Å². The number of methoxy groups -OCH3 is 2. The number of rotatable bonds is 5. The third-order valence-corrected chi connectivity index (χ3v) is 4.74. The lowest BCUT2D eigenvalue weighted by molar-refractivity contribution is 0.0978. The first-order valence-corrected chi connectivity index (χ1v) is 9.49. The predicted molar refractivity (Wildman–Crippen MR) is 120 cm³/mol. The Morgan fingerprint density at radius 1 is 0.966 bits per heavy atom. The van der Waals surface area contributed by atoms with Gasteiger partial charge >= 0.3 is 0 Å². The normalized spacial score (nSPS) is 10.2. The topological polar surface area (TPSA) is 59.6 Å². The SMILES string of the molecule is COc1ccc(-c2ccc(NC(=S)NC(=O)c3ccccc3Cl)cc2OC)cc1. The molecule has 0 saturated heterocycles. The van der Waals surface area contributed by atoms with Crippen LogP contribution >= 0.6 is 23.8 Å². The summed E-state index contributed by atoms with van der Waals surface area (Å²) in [6, 6.07) is 20.1. The van der Waals surface area contributed by atoms with Crippen LogP contribution in [0.1, 0.15) is 10.4 Å². The van der Waals surface area contributed by atoms with Gasteiger partial charge in [0.25, 0.3) is 5.91 Å². The molecular formula is C22H19ClN2O3S. The van der Waals surface area contributed by atoms with Gasteiger partial charge in [-0.25, -0.2) is 0 Å². The van der Waals surface area contributed by atoms with Gasteiger partial charge in [-0.3, -0.25) is 10.1 Å². The van der Waals surface area contributed by atoms with Crippen LogP contribution in [-0.2, 0) is 0 Å². The number of carbonyl (C=O) groups excluding carboxylic acids is 1. The van der Waals surface area contributed by atoms with Crippen molar-refractivity contribution in [1.82, 2.24) is 5.32 Å². The molecule has 0 heterocycles. The van der Waals surface area contributed by atoms with Crippen LogP contribution in [0, 0.1) is 0 Å². The van der Waals surface area contributed by atoms with E-state index in [9.17, 15) is 4.79 Å². The van der Waals surface area contributed by atoms with Crippen molar-refractivity contribution >= 4 is 40.5 Å². The summed E-state index contributed by atoms with van der Waals surface area (Å²) in [6.45, 7) is 0. The zero-order chi connectivity index (χ0) is 20.8. The Balaban J connectivity index is 1.73. The second-order valence-electron chi connectivity index (χ2n) is 6.03. The van der Waals surface area contributed by atoms with E-state index in [-0.39, 0.29) is 11.0 Å². The summed E-state index contributed by atoms with van der Waals surface area (Å²) in [5, 5.41) is 6.14. The molecule has 0 unspecified atom stereocenters. The number of benzene rings is 3. The van der Waals surface area contributed by atoms with E-state index in [1.165, 1.54) is 0 Å². The Hall–Kier alpha value is -3.09. The maximum atomic E-state index is 12.3.